The minimum Gasteiger partial charge on any atom is -0.273 e. The quantitative estimate of drug-likeness (QED) is 0.885. The van der Waals surface area contributed by atoms with E-state index in [1.165, 1.54) is 4.68 Å². The summed E-state index contributed by atoms with van der Waals surface area (Å²) in [5.41, 5.74) is 3.08. The Labute approximate surface area is 110 Å². The SMILES string of the molecule is Cc1nc2ccccc2c(=O)n1NC(=O)[C@@H]1C[C@@H]1C. The van der Waals surface area contributed by atoms with E-state index in [1.807, 2.05) is 13.0 Å². The van der Waals surface area contributed by atoms with E-state index in [0.717, 1.165) is 6.42 Å². The summed E-state index contributed by atoms with van der Waals surface area (Å²) in [7, 11) is 0. The Balaban J connectivity index is 2.03. The molecule has 5 nitrogen and oxygen atoms in total. The number of amides is 1. The number of rotatable bonds is 2. The predicted molar refractivity (Wildman–Crippen MR) is 72.4 cm³/mol. The molecule has 1 aromatic carbocycles. The van der Waals surface area contributed by atoms with E-state index < -0.39 is 0 Å². The second-order valence-electron chi connectivity index (χ2n) is 5.11. The number of aromatic nitrogens is 2. The predicted octanol–water partition coefficient (Wildman–Crippen LogP) is 1.43. The summed E-state index contributed by atoms with van der Waals surface area (Å²) in [5.74, 6) is 0.822. The summed E-state index contributed by atoms with van der Waals surface area (Å²) in [6.07, 6.45) is 0.890. The molecule has 2 atom stereocenters. The van der Waals surface area contributed by atoms with E-state index in [2.05, 4.69) is 10.4 Å². The molecule has 1 N–H and O–H groups in total. The highest BCUT2D eigenvalue weighted by Gasteiger charge is 2.39. The molecule has 0 aliphatic heterocycles. The fourth-order valence-electron chi connectivity index (χ4n) is 2.26. The number of carbonyl (C=O) groups is 1. The van der Waals surface area contributed by atoms with Crippen LogP contribution in [0.1, 0.15) is 19.2 Å². The molecule has 5 heteroatoms. The highest BCUT2D eigenvalue weighted by molar-refractivity contribution is 5.88. The Hall–Kier alpha value is -2.17. The first-order valence-electron chi connectivity index (χ1n) is 6.37. The van der Waals surface area contributed by atoms with Crippen molar-refractivity contribution in [2.24, 2.45) is 11.8 Å². The largest absolute Gasteiger partial charge is 0.280 e. The van der Waals surface area contributed by atoms with Crippen LogP contribution in [0.25, 0.3) is 10.9 Å². The smallest absolute Gasteiger partial charge is 0.273 e. The van der Waals surface area contributed by atoms with Gasteiger partial charge in [-0.05, 0) is 31.4 Å². The van der Waals surface area contributed by atoms with Crippen LogP contribution in [0.5, 0.6) is 0 Å². The molecule has 19 heavy (non-hydrogen) atoms. The lowest BCUT2D eigenvalue weighted by atomic mass is 10.2. The fourth-order valence-corrected chi connectivity index (χ4v) is 2.26. The normalized spacial score (nSPS) is 21.4. The van der Waals surface area contributed by atoms with Crippen molar-refractivity contribution >= 4 is 16.8 Å². The Morgan fingerprint density at radius 1 is 1.42 bits per heavy atom. The van der Waals surface area contributed by atoms with E-state index >= 15 is 0 Å². The molecule has 2 aromatic rings. The maximum absolute atomic E-state index is 12.3. The van der Waals surface area contributed by atoms with Crippen molar-refractivity contribution in [1.82, 2.24) is 9.66 Å². The molecule has 1 amide bonds. The molecule has 1 aliphatic rings. The van der Waals surface area contributed by atoms with Gasteiger partial charge in [0.2, 0.25) is 5.91 Å². The molecule has 3 rings (SSSR count). The lowest BCUT2D eigenvalue weighted by molar-refractivity contribution is -0.118. The van der Waals surface area contributed by atoms with Gasteiger partial charge in [-0.1, -0.05) is 19.1 Å². The van der Waals surface area contributed by atoms with Gasteiger partial charge in [-0.25, -0.2) is 9.66 Å². The molecule has 0 bridgehead atoms. The highest BCUT2D eigenvalue weighted by Crippen LogP contribution is 2.37. The van der Waals surface area contributed by atoms with Crippen molar-refractivity contribution < 1.29 is 4.79 Å². The number of para-hydroxylation sites is 1. The molecule has 1 fully saturated rings. The Morgan fingerprint density at radius 3 is 2.79 bits per heavy atom. The summed E-state index contributed by atoms with van der Waals surface area (Å²) in [5, 5.41) is 0.511. The number of hydrogen-bond acceptors (Lipinski definition) is 3. The summed E-state index contributed by atoms with van der Waals surface area (Å²) in [6, 6.07) is 7.13. The van der Waals surface area contributed by atoms with Crippen molar-refractivity contribution in [2.75, 3.05) is 5.43 Å². The van der Waals surface area contributed by atoms with E-state index in [-0.39, 0.29) is 17.4 Å². The fraction of sp³-hybridized carbons (Fsp3) is 0.357. The van der Waals surface area contributed by atoms with Crippen molar-refractivity contribution in [3.8, 4) is 0 Å². The van der Waals surface area contributed by atoms with Crippen molar-refractivity contribution in [1.29, 1.82) is 0 Å². The van der Waals surface area contributed by atoms with Gasteiger partial charge in [-0.15, -0.1) is 0 Å². The van der Waals surface area contributed by atoms with Crippen LogP contribution in [0.2, 0.25) is 0 Å². The van der Waals surface area contributed by atoms with Crippen LogP contribution in [0.15, 0.2) is 29.1 Å². The average Bonchev–Trinajstić information content (AvgIpc) is 3.11. The standard InChI is InChI=1S/C14H15N3O2/c1-8-7-11(8)13(18)16-17-9(2)15-12-6-4-3-5-10(12)14(17)19/h3-6,8,11H,7H2,1-2H3,(H,16,18)/t8-,11+/m0/s1. The summed E-state index contributed by atoms with van der Waals surface area (Å²) in [4.78, 5) is 28.6. The number of fused-ring (bicyclic) bond motifs is 1. The van der Waals surface area contributed by atoms with Gasteiger partial charge in [-0.2, -0.15) is 0 Å². The van der Waals surface area contributed by atoms with E-state index in [1.54, 1.807) is 25.1 Å². The molecule has 0 unspecified atom stereocenters. The highest BCUT2D eigenvalue weighted by atomic mass is 16.2. The van der Waals surface area contributed by atoms with E-state index in [4.69, 9.17) is 0 Å². The third-order valence-electron chi connectivity index (χ3n) is 3.61. The van der Waals surface area contributed by atoms with Crippen molar-refractivity contribution in [3.05, 3.63) is 40.4 Å². The number of carbonyl (C=O) groups excluding carboxylic acids is 1. The van der Waals surface area contributed by atoms with Gasteiger partial charge in [0.1, 0.15) is 5.82 Å². The molecule has 1 heterocycles. The third kappa shape index (κ3) is 2.01. The lowest BCUT2D eigenvalue weighted by Crippen LogP contribution is -2.36. The Bertz CT molecular complexity index is 720. The zero-order valence-electron chi connectivity index (χ0n) is 10.9. The molecule has 0 saturated heterocycles. The summed E-state index contributed by atoms with van der Waals surface area (Å²) in [6.45, 7) is 3.74. The van der Waals surface area contributed by atoms with Crippen molar-refractivity contribution in [3.63, 3.8) is 0 Å². The Morgan fingerprint density at radius 2 is 2.11 bits per heavy atom. The second kappa shape index (κ2) is 4.19. The van der Waals surface area contributed by atoms with E-state index in [9.17, 15) is 9.59 Å². The van der Waals surface area contributed by atoms with E-state index in [0.29, 0.717) is 22.6 Å². The number of nitrogens with one attached hydrogen (secondary N) is 1. The maximum Gasteiger partial charge on any atom is 0.280 e. The first-order valence-corrected chi connectivity index (χ1v) is 6.37. The number of benzene rings is 1. The number of nitrogens with zero attached hydrogens (tertiary/aromatic N) is 2. The minimum absolute atomic E-state index is 0.0257. The summed E-state index contributed by atoms with van der Waals surface area (Å²) < 4.78 is 1.25. The van der Waals surface area contributed by atoms with Gasteiger partial charge >= 0.3 is 0 Å². The van der Waals surface area contributed by atoms with Crippen LogP contribution >= 0.6 is 0 Å². The van der Waals surface area contributed by atoms with Gasteiger partial charge in [0.05, 0.1) is 10.9 Å². The maximum atomic E-state index is 12.3. The van der Waals surface area contributed by atoms with Crippen LogP contribution in [-0.4, -0.2) is 15.6 Å². The molecule has 1 saturated carbocycles. The average molecular weight is 257 g/mol. The topological polar surface area (TPSA) is 64.0 Å². The molecule has 98 valence electrons. The molecule has 0 spiro atoms. The van der Waals surface area contributed by atoms with Crippen LogP contribution in [-0.2, 0) is 4.79 Å². The number of hydrogen-bond donors (Lipinski definition) is 1. The zero-order chi connectivity index (χ0) is 13.6. The summed E-state index contributed by atoms with van der Waals surface area (Å²) >= 11 is 0. The zero-order valence-corrected chi connectivity index (χ0v) is 10.9. The van der Waals surface area contributed by atoms with Gasteiger partial charge in [0.15, 0.2) is 0 Å². The Kier molecular flexibility index (Phi) is 2.62. The molecular formula is C14H15N3O2. The monoisotopic (exact) mass is 257 g/mol. The van der Waals surface area contributed by atoms with Crippen LogP contribution < -0.4 is 11.0 Å². The van der Waals surface area contributed by atoms with Gasteiger partial charge in [-0.3, -0.25) is 15.0 Å². The molecule has 1 aromatic heterocycles. The number of aryl methyl sites for hydroxylation is 1. The van der Waals surface area contributed by atoms with Crippen LogP contribution in [0, 0.1) is 18.8 Å². The van der Waals surface area contributed by atoms with Gasteiger partial charge in [0.25, 0.3) is 5.56 Å². The third-order valence-corrected chi connectivity index (χ3v) is 3.61. The molecule has 0 radical (unpaired) electrons. The minimum atomic E-state index is -0.232. The van der Waals surface area contributed by atoms with Gasteiger partial charge in [0, 0.05) is 5.92 Å². The van der Waals surface area contributed by atoms with Crippen molar-refractivity contribution in [2.45, 2.75) is 20.3 Å². The van der Waals surface area contributed by atoms with Crippen LogP contribution in [0.3, 0.4) is 0 Å². The first kappa shape index (κ1) is 11.9. The second-order valence-corrected chi connectivity index (χ2v) is 5.11. The molecule has 1 aliphatic carbocycles. The van der Waals surface area contributed by atoms with Crippen LogP contribution in [0.4, 0.5) is 0 Å². The van der Waals surface area contributed by atoms with Gasteiger partial charge < -0.3 is 0 Å². The lowest BCUT2D eigenvalue weighted by Gasteiger charge is -2.11. The first-order chi connectivity index (χ1) is 9.08. The molecular weight excluding hydrogens is 242 g/mol.